The van der Waals surface area contributed by atoms with Crippen molar-refractivity contribution in [1.82, 2.24) is 5.32 Å². The van der Waals surface area contributed by atoms with Crippen LogP contribution in [0, 0.1) is 0 Å². The van der Waals surface area contributed by atoms with Crippen LogP contribution in [-0.4, -0.2) is 6.04 Å². The van der Waals surface area contributed by atoms with Gasteiger partial charge in [0, 0.05) is 27.3 Å². The summed E-state index contributed by atoms with van der Waals surface area (Å²) in [5.41, 5.74) is 1.29. The van der Waals surface area contributed by atoms with Crippen LogP contribution in [0.15, 0.2) is 38.6 Å². The summed E-state index contributed by atoms with van der Waals surface area (Å²) in [7, 11) is 0. The Bertz CT molecular complexity index is 595. The van der Waals surface area contributed by atoms with E-state index < -0.39 is 0 Å². The van der Waals surface area contributed by atoms with Gasteiger partial charge in [-0.3, -0.25) is 0 Å². The van der Waals surface area contributed by atoms with Gasteiger partial charge in [0.25, 0.3) is 0 Å². The predicted octanol–water partition coefficient (Wildman–Crippen LogP) is 5.10. The van der Waals surface area contributed by atoms with E-state index in [0.717, 1.165) is 27.3 Å². The van der Waals surface area contributed by atoms with Gasteiger partial charge in [-0.25, -0.2) is 0 Å². The molecule has 0 aliphatic heterocycles. The van der Waals surface area contributed by atoms with Crippen molar-refractivity contribution >= 4 is 43.2 Å². The molecule has 0 saturated heterocycles. The summed E-state index contributed by atoms with van der Waals surface area (Å²) in [6.45, 7) is 1.54. The van der Waals surface area contributed by atoms with Gasteiger partial charge in [0.1, 0.15) is 12.4 Å². The van der Waals surface area contributed by atoms with Crippen molar-refractivity contribution < 1.29 is 4.74 Å². The van der Waals surface area contributed by atoms with E-state index in [4.69, 9.17) is 4.74 Å². The van der Waals surface area contributed by atoms with Crippen molar-refractivity contribution in [3.63, 3.8) is 0 Å². The molecule has 3 rings (SSSR count). The Hall–Kier alpha value is -0.360. The van der Waals surface area contributed by atoms with Crippen LogP contribution >= 0.6 is 43.2 Å². The molecule has 1 aromatic carbocycles. The number of ether oxygens (including phenoxy) is 1. The predicted molar refractivity (Wildman–Crippen MR) is 90.4 cm³/mol. The molecule has 0 spiro atoms. The average molecular weight is 417 g/mol. The first-order chi connectivity index (χ1) is 9.70. The molecule has 0 unspecified atom stereocenters. The van der Waals surface area contributed by atoms with Gasteiger partial charge in [0.2, 0.25) is 0 Å². The van der Waals surface area contributed by atoms with Crippen molar-refractivity contribution in [2.45, 2.75) is 32.0 Å². The standard InChI is InChI=1S/C15H15Br2NOS/c16-11-6-13(20-9-11)8-19-15-4-1-10(5-14(15)17)7-18-12-2-3-12/h1,4-6,9,12,18H,2-3,7-8H2. The van der Waals surface area contributed by atoms with E-state index in [-0.39, 0.29) is 0 Å². The van der Waals surface area contributed by atoms with Crippen LogP contribution in [0.4, 0.5) is 0 Å². The Balaban J connectivity index is 1.58. The monoisotopic (exact) mass is 415 g/mol. The number of halogens is 2. The molecule has 1 saturated carbocycles. The third-order valence-corrected chi connectivity index (χ3v) is 5.45. The molecule has 0 radical (unpaired) electrons. The van der Waals surface area contributed by atoms with Crippen LogP contribution in [0.25, 0.3) is 0 Å². The highest BCUT2D eigenvalue weighted by Gasteiger charge is 2.20. The topological polar surface area (TPSA) is 21.3 Å². The molecule has 20 heavy (non-hydrogen) atoms. The molecule has 106 valence electrons. The largest absolute Gasteiger partial charge is 0.487 e. The summed E-state index contributed by atoms with van der Waals surface area (Å²) < 4.78 is 7.98. The Morgan fingerprint density at radius 1 is 1.25 bits per heavy atom. The third kappa shape index (κ3) is 4.07. The zero-order valence-corrected chi connectivity index (χ0v) is 14.9. The molecule has 1 heterocycles. The number of hydrogen-bond acceptors (Lipinski definition) is 3. The Labute approximate surface area is 139 Å². The van der Waals surface area contributed by atoms with Crippen LogP contribution in [0.5, 0.6) is 5.75 Å². The highest BCUT2D eigenvalue weighted by atomic mass is 79.9. The molecule has 5 heteroatoms. The number of nitrogens with one attached hydrogen (secondary N) is 1. The van der Waals surface area contributed by atoms with E-state index in [9.17, 15) is 0 Å². The summed E-state index contributed by atoms with van der Waals surface area (Å²) in [5.74, 6) is 0.893. The number of benzene rings is 1. The maximum Gasteiger partial charge on any atom is 0.134 e. The van der Waals surface area contributed by atoms with Crippen molar-refractivity contribution in [3.8, 4) is 5.75 Å². The fourth-order valence-corrected chi connectivity index (χ4v) is 3.80. The summed E-state index contributed by atoms with van der Waals surface area (Å²) in [5, 5.41) is 5.58. The van der Waals surface area contributed by atoms with Crippen LogP contribution in [0.1, 0.15) is 23.3 Å². The lowest BCUT2D eigenvalue weighted by molar-refractivity contribution is 0.307. The van der Waals surface area contributed by atoms with E-state index in [1.807, 2.05) is 6.07 Å². The molecule has 1 aliphatic carbocycles. The maximum absolute atomic E-state index is 5.85. The molecule has 2 aromatic rings. The Morgan fingerprint density at radius 2 is 2.10 bits per heavy atom. The SMILES string of the molecule is Brc1csc(COc2ccc(CNC3CC3)cc2Br)c1. The van der Waals surface area contributed by atoms with Crippen LogP contribution in [0.3, 0.4) is 0 Å². The number of rotatable bonds is 6. The quantitative estimate of drug-likeness (QED) is 0.706. The van der Waals surface area contributed by atoms with Crippen molar-refractivity contribution in [1.29, 1.82) is 0 Å². The molecule has 1 aliphatic rings. The van der Waals surface area contributed by atoms with Gasteiger partial charge < -0.3 is 10.1 Å². The smallest absolute Gasteiger partial charge is 0.134 e. The van der Waals surface area contributed by atoms with E-state index in [1.165, 1.54) is 23.3 Å². The molecular weight excluding hydrogens is 402 g/mol. The summed E-state index contributed by atoms with van der Waals surface area (Å²) >= 11 is 8.74. The lowest BCUT2D eigenvalue weighted by atomic mass is 10.2. The van der Waals surface area contributed by atoms with E-state index in [0.29, 0.717) is 6.61 Å². The summed E-state index contributed by atoms with van der Waals surface area (Å²) in [6, 6.07) is 9.12. The molecular formula is C15H15Br2NOS. The fraction of sp³-hybridized carbons (Fsp3) is 0.333. The lowest BCUT2D eigenvalue weighted by Gasteiger charge is -2.09. The van der Waals surface area contributed by atoms with E-state index in [2.05, 4.69) is 60.8 Å². The first-order valence-corrected chi connectivity index (χ1v) is 9.05. The second kappa shape index (κ2) is 6.60. The van der Waals surface area contributed by atoms with Gasteiger partial charge in [-0.05, 0) is 68.5 Å². The number of hydrogen-bond donors (Lipinski definition) is 1. The van der Waals surface area contributed by atoms with Crippen LogP contribution < -0.4 is 10.1 Å². The second-order valence-electron chi connectivity index (χ2n) is 4.94. The minimum atomic E-state index is 0.606. The molecule has 1 aromatic heterocycles. The zero-order valence-electron chi connectivity index (χ0n) is 10.9. The van der Waals surface area contributed by atoms with Crippen LogP contribution in [0.2, 0.25) is 0 Å². The van der Waals surface area contributed by atoms with Crippen molar-refractivity contribution in [2.75, 3.05) is 0 Å². The summed E-state index contributed by atoms with van der Waals surface area (Å²) in [6.07, 6.45) is 2.64. The van der Waals surface area contributed by atoms with Gasteiger partial charge in [0.05, 0.1) is 4.47 Å². The van der Waals surface area contributed by atoms with E-state index in [1.54, 1.807) is 11.3 Å². The second-order valence-corrected chi connectivity index (χ2v) is 7.71. The average Bonchev–Trinajstić information content (AvgIpc) is 3.17. The summed E-state index contributed by atoms with van der Waals surface area (Å²) in [4.78, 5) is 1.21. The highest BCUT2D eigenvalue weighted by Crippen LogP contribution is 2.28. The lowest BCUT2D eigenvalue weighted by Crippen LogP contribution is -2.15. The zero-order chi connectivity index (χ0) is 13.9. The Morgan fingerprint density at radius 3 is 2.75 bits per heavy atom. The van der Waals surface area contributed by atoms with Gasteiger partial charge in [-0.15, -0.1) is 11.3 Å². The van der Waals surface area contributed by atoms with Crippen molar-refractivity contribution in [2.24, 2.45) is 0 Å². The van der Waals surface area contributed by atoms with Gasteiger partial charge in [-0.1, -0.05) is 6.07 Å². The van der Waals surface area contributed by atoms with Gasteiger partial charge in [-0.2, -0.15) is 0 Å². The molecule has 2 nitrogen and oxygen atoms in total. The Kier molecular flexibility index (Phi) is 4.81. The van der Waals surface area contributed by atoms with Gasteiger partial charge in [0.15, 0.2) is 0 Å². The van der Waals surface area contributed by atoms with E-state index >= 15 is 0 Å². The molecule has 0 bridgehead atoms. The highest BCUT2D eigenvalue weighted by molar-refractivity contribution is 9.10. The normalized spacial score (nSPS) is 14.5. The molecule has 1 N–H and O–H groups in total. The molecule has 0 atom stereocenters. The number of thiophene rings is 1. The minimum absolute atomic E-state index is 0.606. The maximum atomic E-state index is 5.85. The third-order valence-electron chi connectivity index (χ3n) is 3.16. The molecule has 1 fully saturated rings. The van der Waals surface area contributed by atoms with Crippen molar-refractivity contribution in [3.05, 3.63) is 49.0 Å². The minimum Gasteiger partial charge on any atom is -0.487 e. The first-order valence-electron chi connectivity index (χ1n) is 6.58. The van der Waals surface area contributed by atoms with Gasteiger partial charge >= 0.3 is 0 Å². The fourth-order valence-electron chi connectivity index (χ4n) is 1.90. The molecule has 0 amide bonds. The van der Waals surface area contributed by atoms with Crippen LogP contribution in [-0.2, 0) is 13.2 Å². The first kappa shape index (κ1) is 14.6.